The first-order chi connectivity index (χ1) is 11.8. The van der Waals surface area contributed by atoms with Gasteiger partial charge in [0.25, 0.3) is 11.6 Å². The number of nitro benzene ring substituents is 1. The molecule has 1 heterocycles. The van der Waals surface area contributed by atoms with Gasteiger partial charge in [-0.25, -0.2) is 9.78 Å². The molecule has 0 aliphatic heterocycles. The third-order valence-corrected chi connectivity index (χ3v) is 3.47. The van der Waals surface area contributed by atoms with Gasteiger partial charge in [0.1, 0.15) is 5.15 Å². The topological polar surface area (TPSA) is 111 Å². The summed E-state index contributed by atoms with van der Waals surface area (Å²) in [6.45, 7) is 2.90. The van der Waals surface area contributed by atoms with Crippen LogP contribution in [-0.2, 0) is 9.53 Å². The van der Waals surface area contributed by atoms with Crippen molar-refractivity contribution in [2.75, 3.05) is 11.9 Å². The van der Waals surface area contributed by atoms with E-state index >= 15 is 0 Å². The SMILES string of the molecule is Cc1cc(C)c(C(=O)OCC(=O)Nc2ccc([N+](=O)[O-])cc2)c(Cl)n1. The van der Waals surface area contributed by atoms with Crippen LogP contribution < -0.4 is 5.32 Å². The fourth-order valence-electron chi connectivity index (χ4n) is 2.10. The maximum absolute atomic E-state index is 12.1. The predicted molar refractivity (Wildman–Crippen MR) is 90.7 cm³/mol. The molecular weight excluding hydrogens is 350 g/mol. The van der Waals surface area contributed by atoms with Crippen molar-refractivity contribution in [3.05, 3.63) is 62.4 Å². The van der Waals surface area contributed by atoms with E-state index in [0.29, 0.717) is 16.9 Å². The molecule has 0 unspecified atom stereocenters. The summed E-state index contributed by atoms with van der Waals surface area (Å²) in [5.41, 5.74) is 1.61. The molecule has 1 aromatic carbocycles. The lowest BCUT2D eigenvalue weighted by Gasteiger charge is -2.09. The Kier molecular flexibility index (Phi) is 5.66. The molecule has 1 amide bonds. The minimum Gasteiger partial charge on any atom is -0.452 e. The standard InChI is InChI=1S/C16H14ClN3O5/c1-9-7-10(2)18-15(17)14(9)16(22)25-8-13(21)19-11-3-5-12(6-4-11)20(23)24/h3-7H,8H2,1-2H3,(H,19,21). The second-order valence-corrected chi connectivity index (χ2v) is 5.53. The van der Waals surface area contributed by atoms with Crippen LogP contribution in [0.5, 0.6) is 0 Å². The summed E-state index contributed by atoms with van der Waals surface area (Å²) < 4.78 is 4.94. The van der Waals surface area contributed by atoms with Crippen molar-refractivity contribution in [2.24, 2.45) is 0 Å². The zero-order valence-electron chi connectivity index (χ0n) is 13.4. The van der Waals surface area contributed by atoms with Crippen molar-refractivity contribution >= 4 is 34.9 Å². The molecule has 8 nitrogen and oxygen atoms in total. The van der Waals surface area contributed by atoms with Crippen molar-refractivity contribution in [1.29, 1.82) is 0 Å². The number of carbonyl (C=O) groups is 2. The van der Waals surface area contributed by atoms with Crippen molar-refractivity contribution in [1.82, 2.24) is 4.98 Å². The average molecular weight is 364 g/mol. The minimum atomic E-state index is -0.756. The van der Waals surface area contributed by atoms with Crippen LogP contribution in [0.2, 0.25) is 5.15 Å². The molecule has 0 radical (unpaired) electrons. The molecule has 9 heteroatoms. The molecule has 2 aromatic rings. The van der Waals surface area contributed by atoms with Gasteiger partial charge in [0.05, 0.1) is 10.5 Å². The quantitative estimate of drug-likeness (QED) is 0.378. The average Bonchev–Trinajstić information content (AvgIpc) is 2.52. The first-order valence-electron chi connectivity index (χ1n) is 7.13. The van der Waals surface area contributed by atoms with E-state index in [4.69, 9.17) is 16.3 Å². The Morgan fingerprint density at radius 3 is 2.48 bits per heavy atom. The summed E-state index contributed by atoms with van der Waals surface area (Å²) in [5.74, 6) is -1.34. The normalized spacial score (nSPS) is 10.2. The second-order valence-electron chi connectivity index (χ2n) is 5.17. The van der Waals surface area contributed by atoms with Crippen LogP contribution in [0.3, 0.4) is 0 Å². The Bertz CT molecular complexity index is 813. The predicted octanol–water partition coefficient (Wildman–Crippen LogP) is 3.06. The summed E-state index contributed by atoms with van der Waals surface area (Å²) in [6, 6.07) is 6.94. The molecule has 1 N–H and O–H groups in total. The molecular formula is C16H14ClN3O5. The number of pyridine rings is 1. The number of aromatic nitrogens is 1. The maximum atomic E-state index is 12.1. The summed E-state index contributed by atoms with van der Waals surface area (Å²) >= 11 is 5.95. The summed E-state index contributed by atoms with van der Waals surface area (Å²) in [5, 5.41) is 13.0. The number of nitrogens with one attached hydrogen (secondary N) is 1. The van der Waals surface area contributed by atoms with Crippen LogP contribution >= 0.6 is 11.6 Å². The number of esters is 1. The fourth-order valence-corrected chi connectivity index (χ4v) is 2.46. The lowest BCUT2D eigenvalue weighted by atomic mass is 10.1. The number of aryl methyl sites for hydroxylation is 2. The van der Waals surface area contributed by atoms with E-state index in [0.717, 1.165) is 0 Å². The number of non-ortho nitro benzene ring substituents is 1. The molecule has 0 spiro atoms. The Balaban J connectivity index is 1.96. The van der Waals surface area contributed by atoms with E-state index in [1.807, 2.05) is 0 Å². The van der Waals surface area contributed by atoms with Crippen LogP contribution in [0.25, 0.3) is 0 Å². The number of anilines is 1. The monoisotopic (exact) mass is 363 g/mol. The highest BCUT2D eigenvalue weighted by Gasteiger charge is 2.18. The van der Waals surface area contributed by atoms with Gasteiger partial charge in [-0.2, -0.15) is 0 Å². The van der Waals surface area contributed by atoms with Gasteiger partial charge < -0.3 is 10.1 Å². The zero-order valence-corrected chi connectivity index (χ0v) is 14.2. The Morgan fingerprint density at radius 2 is 1.92 bits per heavy atom. The van der Waals surface area contributed by atoms with Gasteiger partial charge in [-0.1, -0.05) is 11.6 Å². The van der Waals surface area contributed by atoms with Crippen LogP contribution in [0.1, 0.15) is 21.6 Å². The third kappa shape index (κ3) is 4.74. The number of carbonyl (C=O) groups excluding carboxylic acids is 2. The first-order valence-corrected chi connectivity index (χ1v) is 7.51. The van der Waals surface area contributed by atoms with Gasteiger partial charge in [-0.15, -0.1) is 0 Å². The van der Waals surface area contributed by atoms with Gasteiger partial charge in [-0.05, 0) is 37.6 Å². The highest BCUT2D eigenvalue weighted by atomic mass is 35.5. The zero-order chi connectivity index (χ0) is 18.6. The number of amides is 1. The lowest BCUT2D eigenvalue weighted by molar-refractivity contribution is -0.384. The number of nitro groups is 1. The van der Waals surface area contributed by atoms with Crippen molar-refractivity contribution in [2.45, 2.75) is 13.8 Å². The summed E-state index contributed by atoms with van der Waals surface area (Å²) in [6.07, 6.45) is 0. The smallest absolute Gasteiger partial charge is 0.342 e. The number of rotatable bonds is 5. The number of nitrogens with zero attached hydrogens (tertiary/aromatic N) is 2. The Morgan fingerprint density at radius 1 is 1.28 bits per heavy atom. The van der Waals surface area contributed by atoms with Gasteiger partial charge >= 0.3 is 5.97 Å². The largest absolute Gasteiger partial charge is 0.452 e. The highest BCUT2D eigenvalue weighted by molar-refractivity contribution is 6.32. The molecule has 2 rings (SSSR count). The number of halogens is 1. The molecule has 130 valence electrons. The maximum Gasteiger partial charge on any atom is 0.342 e. The molecule has 0 saturated carbocycles. The molecule has 0 aliphatic carbocycles. The highest BCUT2D eigenvalue weighted by Crippen LogP contribution is 2.20. The second kappa shape index (κ2) is 7.71. The molecule has 0 atom stereocenters. The summed E-state index contributed by atoms with van der Waals surface area (Å²) in [7, 11) is 0. The van der Waals surface area contributed by atoms with Gasteiger partial charge in [-0.3, -0.25) is 14.9 Å². The number of hydrogen-bond acceptors (Lipinski definition) is 6. The first kappa shape index (κ1) is 18.3. The van der Waals surface area contributed by atoms with Crippen LogP contribution in [-0.4, -0.2) is 28.4 Å². The van der Waals surface area contributed by atoms with Crippen molar-refractivity contribution in [3.8, 4) is 0 Å². The summed E-state index contributed by atoms with van der Waals surface area (Å²) in [4.78, 5) is 37.9. The fraction of sp³-hybridized carbons (Fsp3) is 0.188. The van der Waals surface area contributed by atoms with Gasteiger partial charge in [0.2, 0.25) is 0 Å². The van der Waals surface area contributed by atoms with E-state index < -0.39 is 23.4 Å². The van der Waals surface area contributed by atoms with Crippen LogP contribution in [0.4, 0.5) is 11.4 Å². The van der Waals surface area contributed by atoms with E-state index in [9.17, 15) is 19.7 Å². The molecule has 25 heavy (non-hydrogen) atoms. The third-order valence-electron chi connectivity index (χ3n) is 3.20. The lowest BCUT2D eigenvalue weighted by Crippen LogP contribution is -2.21. The molecule has 0 saturated heterocycles. The Labute approximate surface area is 147 Å². The number of ether oxygens (including phenoxy) is 1. The van der Waals surface area contributed by atoms with Gasteiger partial charge in [0.15, 0.2) is 6.61 Å². The van der Waals surface area contributed by atoms with Crippen LogP contribution in [0, 0.1) is 24.0 Å². The van der Waals surface area contributed by atoms with E-state index in [2.05, 4.69) is 10.3 Å². The molecule has 0 fully saturated rings. The molecule has 1 aromatic heterocycles. The van der Waals surface area contributed by atoms with Gasteiger partial charge in [0, 0.05) is 23.5 Å². The van der Waals surface area contributed by atoms with E-state index in [1.54, 1.807) is 19.9 Å². The number of benzene rings is 1. The van der Waals surface area contributed by atoms with E-state index in [-0.39, 0.29) is 16.4 Å². The van der Waals surface area contributed by atoms with E-state index in [1.165, 1.54) is 24.3 Å². The minimum absolute atomic E-state index is 0.0123. The van der Waals surface area contributed by atoms with Crippen LogP contribution in [0.15, 0.2) is 30.3 Å². The Hall–Kier alpha value is -3.00. The molecule has 0 aliphatic rings. The van der Waals surface area contributed by atoms with Crippen molar-refractivity contribution < 1.29 is 19.2 Å². The van der Waals surface area contributed by atoms with Crippen molar-refractivity contribution in [3.63, 3.8) is 0 Å². The molecule has 0 bridgehead atoms. The number of hydrogen-bond donors (Lipinski definition) is 1.